The van der Waals surface area contributed by atoms with Crippen LogP contribution in [0.2, 0.25) is 0 Å². The smallest absolute Gasteiger partial charge is 0.325 e. The number of benzene rings is 1. The number of aliphatic carboxylic acids is 1. The molecule has 0 heterocycles. The van der Waals surface area contributed by atoms with Crippen molar-refractivity contribution in [1.29, 1.82) is 0 Å². The highest BCUT2D eigenvalue weighted by Gasteiger charge is 1.91. The summed E-state index contributed by atoms with van der Waals surface area (Å²) in [5, 5.41) is 17.2. The summed E-state index contributed by atoms with van der Waals surface area (Å²) < 4.78 is 0. The van der Waals surface area contributed by atoms with Crippen LogP contribution in [0, 0.1) is 0 Å². The van der Waals surface area contributed by atoms with E-state index in [4.69, 9.17) is 10.2 Å². The van der Waals surface area contributed by atoms with Crippen LogP contribution in [0.1, 0.15) is 5.56 Å². The standard InChI is InChI=1S/C9H9NO3/c11-8-3-1-7(2-4-8)5-10-6-9(12)13/h1-5,11H,6H2,(H,12,13). The topological polar surface area (TPSA) is 69.9 Å². The van der Waals surface area contributed by atoms with Gasteiger partial charge >= 0.3 is 5.97 Å². The highest BCUT2D eigenvalue weighted by molar-refractivity contribution is 5.82. The number of carbonyl (C=O) groups is 1. The van der Waals surface area contributed by atoms with Crippen LogP contribution in [0.3, 0.4) is 0 Å². The molecule has 68 valence electrons. The molecule has 0 amide bonds. The summed E-state index contributed by atoms with van der Waals surface area (Å²) in [6.07, 6.45) is 1.45. The lowest BCUT2D eigenvalue weighted by molar-refractivity contribution is -0.135. The van der Waals surface area contributed by atoms with Gasteiger partial charge in [-0.05, 0) is 29.8 Å². The molecule has 0 atom stereocenters. The van der Waals surface area contributed by atoms with Gasteiger partial charge in [-0.2, -0.15) is 0 Å². The van der Waals surface area contributed by atoms with E-state index in [1.165, 1.54) is 18.3 Å². The Morgan fingerprint density at radius 1 is 1.38 bits per heavy atom. The van der Waals surface area contributed by atoms with Gasteiger partial charge in [0, 0.05) is 6.21 Å². The summed E-state index contributed by atoms with van der Waals surface area (Å²) >= 11 is 0. The van der Waals surface area contributed by atoms with E-state index in [1.54, 1.807) is 12.1 Å². The molecule has 0 aliphatic heterocycles. The second-order valence-electron chi connectivity index (χ2n) is 2.46. The van der Waals surface area contributed by atoms with Crippen molar-refractivity contribution in [2.75, 3.05) is 6.54 Å². The molecule has 1 aromatic carbocycles. The number of aromatic hydroxyl groups is 1. The third-order valence-electron chi connectivity index (χ3n) is 1.36. The van der Waals surface area contributed by atoms with Crippen molar-refractivity contribution >= 4 is 12.2 Å². The fourth-order valence-electron chi connectivity index (χ4n) is 0.790. The minimum Gasteiger partial charge on any atom is -0.508 e. The van der Waals surface area contributed by atoms with Gasteiger partial charge in [0.15, 0.2) is 0 Å². The second-order valence-corrected chi connectivity index (χ2v) is 2.46. The fraction of sp³-hybridized carbons (Fsp3) is 0.111. The Morgan fingerprint density at radius 2 is 2.00 bits per heavy atom. The van der Waals surface area contributed by atoms with Crippen LogP contribution >= 0.6 is 0 Å². The predicted molar refractivity (Wildman–Crippen MR) is 48.2 cm³/mol. The number of hydrogen-bond acceptors (Lipinski definition) is 3. The van der Waals surface area contributed by atoms with Crippen LogP contribution in [-0.4, -0.2) is 28.9 Å². The Morgan fingerprint density at radius 3 is 2.54 bits per heavy atom. The van der Waals surface area contributed by atoms with Gasteiger partial charge < -0.3 is 10.2 Å². The lowest BCUT2D eigenvalue weighted by atomic mass is 10.2. The third kappa shape index (κ3) is 3.37. The first-order chi connectivity index (χ1) is 6.18. The van der Waals surface area contributed by atoms with Crippen molar-refractivity contribution < 1.29 is 15.0 Å². The van der Waals surface area contributed by atoms with Crippen molar-refractivity contribution in [3.8, 4) is 5.75 Å². The maximum atomic E-state index is 10.1. The van der Waals surface area contributed by atoms with Crippen molar-refractivity contribution in [2.45, 2.75) is 0 Å². The number of carboxylic acid groups (broad SMARTS) is 1. The van der Waals surface area contributed by atoms with Crippen LogP contribution in [0.15, 0.2) is 29.3 Å². The molecular weight excluding hydrogens is 170 g/mol. The van der Waals surface area contributed by atoms with Gasteiger partial charge in [0.2, 0.25) is 0 Å². The molecule has 0 unspecified atom stereocenters. The van der Waals surface area contributed by atoms with Gasteiger partial charge in [0.05, 0.1) is 0 Å². The van der Waals surface area contributed by atoms with Crippen LogP contribution in [0.4, 0.5) is 0 Å². The molecule has 4 nitrogen and oxygen atoms in total. The molecule has 0 aromatic heterocycles. The zero-order chi connectivity index (χ0) is 9.68. The quantitative estimate of drug-likeness (QED) is 0.677. The molecule has 0 bridgehead atoms. The number of aliphatic imine (C=N–C) groups is 1. The van der Waals surface area contributed by atoms with Gasteiger partial charge in [-0.25, -0.2) is 0 Å². The van der Waals surface area contributed by atoms with E-state index in [-0.39, 0.29) is 12.3 Å². The van der Waals surface area contributed by atoms with E-state index in [1.807, 2.05) is 0 Å². The molecule has 0 saturated carbocycles. The van der Waals surface area contributed by atoms with E-state index < -0.39 is 5.97 Å². The van der Waals surface area contributed by atoms with Gasteiger partial charge in [-0.3, -0.25) is 9.79 Å². The molecule has 1 rings (SSSR count). The van der Waals surface area contributed by atoms with E-state index in [9.17, 15) is 4.79 Å². The SMILES string of the molecule is O=C(O)CN=Cc1ccc(O)cc1. The zero-order valence-electron chi connectivity index (χ0n) is 6.84. The predicted octanol–water partition coefficient (Wildman–Crippen LogP) is 0.896. The summed E-state index contributed by atoms with van der Waals surface area (Å²) in [4.78, 5) is 13.8. The first kappa shape index (κ1) is 9.25. The van der Waals surface area contributed by atoms with Crippen LogP contribution < -0.4 is 0 Å². The van der Waals surface area contributed by atoms with Crippen molar-refractivity contribution in [3.05, 3.63) is 29.8 Å². The summed E-state index contributed by atoms with van der Waals surface area (Å²) in [5.41, 5.74) is 0.763. The summed E-state index contributed by atoms with van der Waals surface area (Å²) in [6.45, 7) is -0.235. The number of hydrogen-bond donors (Lipinski definition) is 2. The molecule has 0 radical (unpaired) electrons. The highest BCUT2D eigenvalue weighted by atomic mass is 16.4. The third-order valence-corrected chi connectivity index (χ3v) is 1.36. The van der Waals surface area contributed by atoms with Crippen molar-refractivity contribution in [2.24, 2.45) is 4.99 Å². The van der Waals surface area contributed by atoms with E-state index in [2.05, 4.69) is 4.99 Å². The zero-order valence-corrected chi connectivity index (χ0v) is 6.84. The first-order valence-corrected chi connectivity index (χ1v) is 3.69. The average Bonchev–Trinajstić information content (AvgIpc) is 2.08. The monoisotopic (exact) mass is 179 g/mol. The van der Waals surface area contributed by atoms with Gasteiger partial charge in [0.1, 0.15) is 12.3 Å². The second kappa shape index (κ2) is 4.25. The Kier molecular flexibility index (Phi) is 3.03. The fourth-order valence-corrected chi connectivity index (χ4v) is 0.790. The van der Waals surface area contributed by atoms with Crippen LogP contribution in [0.5, 0.6) is 5.75 Å². The van der Waals surface area contributed by atoms with Gasteiger partial charge in [0.25, 0.3) is 0 Å². The number of rotatable bonds is 3. The molecule has 13 heavy (non-hydrogen) atoms. The molecule has 0 saturated heterocycles. The molecule has 0 fully saturated rings. The molecule has 2 N–H and O–H groups in total. The maximum Gasteiger partial charge on any atom is 0.325 e. The van der Waals surface area contributed by atoms with Crippen molar-refractivity contribution in [3.63, 3.8) is 0 Å². The Bertz CT molecular complexity index is 316. The summed E-state index contributed by atoms with van der Waals surface area (Å²) in [5.74, 6) is -0.787. The Hall–Kier alpha value is -1.84. The first-order valence-electron chi connectivity index (χ1n) is 3.69. The number of carboxylic acids is 1. The van der Waals surface area contributed by atoms with Crippen LogP contribution in [-0.2, 0) is 4.79 Å². The average molecular weight is 179 g/mol. The number of phenols is 1. The lowest BCUT2D eigenvalue weighted by Gasteiger charge is -1.92. The molecular formula is C9H9NO3. The molecule has 0 aliphatic carbocycles. The summed E-state index contributed by atoms with van der Waals surface area (Å²) in [7, 11) is 0. The number of nitrogens with zero attached hydrogens (tertiary/aromatic N) is 1. The minimum absolute atomic E-state index is 0.176. The minimum atomic E-state index is -0.963. The van der Waals surface area contributed by atoms with Gasteiger partial charge in [-0.15, -0.1) is 0 Å². The highest BCUT2D eigenvalue weighted by Crippen LogP contribution is 2.07. The van der Waals surface area contributed by atoms with E-state index in [0.29, 0.717) is 0 Å². The molecule has 4 heteroatoms. The van der Waals surface area contributed by atoms with Crippen LogP contribution in [0.25, 0.3) is 0 Å². The summed E-state index contributed by atoms with van der Waals surface area (Å²) in [6, 6.07) is 6.34. The largest absolute Gasteiger partial charge is 0.508 e. The molecule has 0 spiro atoms. The maximum absolute atomic E-state index is 10.1. The number of phenolic OH excluding ortho intramolecular Hbond substituents is 1. The van der Waals surface area contributed by atoms with Crippen molar-refractivity contribution in [1.82, 2.24) is 0 Å². The molecule has 1 aromatic rings. The Balaban J connectivity index is 2.59. The van der Waals surface area contributed by atoms with Gasteiger partial charge in [-0.1, -0.05) is 0 Å². The Labute approximate surface area is 75.2 Å². The molecule has 0 aliphatic rings. The van der Waals surface area contributed by atoms with E-state index in [0.717, 1.165) is 5.56 Å². The van der Waals surface area contributed by atoms with E-state index >= 15 is 0 Å². The normalized spacial score (nSPS) is 10.5. The lowest BCUT2D eigenvalue weighted by Crippen LogP contribution is -1.99.